The van der Waals surface area contributed by atoms with E-state index in [1.807, 2.05) is 18.2 Å². The number of nitrogens with zero attached hydrogens (tertiary/aromatic N) is 1. The summed E-state index contributed by atoms with van der Waals surface area (Å²) in [5.74, 6) is 0.676. The lowest BCUT2D eigenvalue weighted by molar-refractivity contribution is 0.0954. The van der Waals surface area contributed by atoms with E-state index in [0.717, 1.165) is 36.4 Å². The first kappa shape index (κ1) is 20.4. The molecule has 0 saturated heterocycles. The maximum absolute atomic E-state index is 12.1. The highest BCUT2D eigenvalue weighted by Gasteiger charge is 2.04. The van der Waals surface area contributed by atoms with Crippen molar-refractivity contribution in [1.82, 2.24) is 5.32 Å². The third-order valence-electron chi connectivity index (χ3n) is 4.27. The lowest BCUT2D eigenvalue weighted by Gasteiger charge is -2.05. The molecule has 0 saturated carbocycles. The fourth-order valence-electron chi connectivity index (χ4n) is 2.58. The first-order valence-corrected chi connectivity index (χ1v) is 9.33. The van der Waals surface area contributed by atoms with Gasteiger partial charge in [-0.05, 0) is 55.7 Å². The molecule has 1 N–H and O–H groups in total. The molecule has 0 aliphatic heterocycles. The SMILES string of the molecule is CCC(C/C=C/CCNC(=O)c1ccc(OC)cc1)=Nc1ccccc1C. The third kappa shape index (κ3) is 6.74. The number of hydrogen-bond donors (Lipinski definition) is 1. The van der Waals surface area contributed by atoms with E-state index in [4.69, 9.17) is 9.73 Å². The molecule has 4 heteroatoms. The number of benzene rings is 2. The van der Waals surface area contributed by atoms with Gasteiger partial charge >= 0.3 is 0 Å². The minimum absolute atomic E-state index is 0.0681. The number of ether oxygens (including phenoxy) is 1. The van der Waals surface area contributed by atoms with Gasteiger partial charge in [-0.15, -0.1) is 0 Å². The Hall–Kier alpha value is -2.88. The van der Waals surface area contributed by atoms with Crippen molar-refractivity contribution in [1.29, 1.82) is 0 Å². The minimum atomic E-state index is -0.0681. The van der Waals surface area contributed by atoms with Gasteiger partial charge in [0, 0.05) is 24.2 Å². The van der Waals surface area contributed by atoms with Crippen LogP contribution in [0.4, 0.5) is 5.69 Å². The Morgan fingerprint density at radius 2 is 1.85 bits per heavy atom. The number of rotatable bonds is 9. The first-order valence-electron chi connectivity index (χ1n) is 9.33. The van der Waals surface area contributed by atoms with Crippen LogP contribution in [-0.4, -0.2) is 25.3 Å². The molecule has 0 fully saturated rings. The van der Waals surface area contributed by atoms with Crippen LogP contribution in [-0.2, 0) is 0 Å². The van der Waals surface area contributed by atoms with Crippen molar-refractivity contribution in [2.45, 2.75) is 33.1 Å². The molecule has 0 radical (unpaired) electrons. The minimum Gasteiger partial charge on any atom is -0.497 e. The summed E-state index contributed by atoms with van der Waals surface area (Å²) in [5.41, 5.74) is 4.02. The molecule has 0 atom stereocenters. The van der Waals surface area contributed by atoms with Crippen LogP contribution < -0.4 is 10.1 Å². The smallest absolute Gasteiger partial charge is 0.251 e. The van der Waals surface area contributed by atoms with Gasteiger partial charge in [-0.25, -0.2) is 0 Å². The molecule has 4 nitrogen and oxygen atoms in total. The molecule has 142 valence electrons. The van der Waals surface area contributed by atoms with Crippen LogP contribution in [0.3, 0.4) is 0 Å². The molecule has 0 heterocycles. The van der Waals surface area contributed by atoms with Gasteiger partial charge in [0.25, 0.3) is 5.91 Å². The van der Waals surface area contributed by atoms with Gasteiger partial charge in [-0.1, -0.05) is 37.3 Å². The van der Waals surface area contributed by atoms with Crippen LogP contribution >= 0.6 is 0 Å². The summed E-state index contributed by atoms with van der Waals surface area (Å²) in [6, 6.07) is 15.3. The number of aryl methyl sites for hydroxylation is 1. The second-order valence-corrected chi connectivity index (χ2v) is 6.27. The summed E-state index contributed by atoms with van der Waals surface area (Å²) in [4.78, 5) is 16.8. The zero-order chi connectivity index (χ0) is 19.5. The number of carbonyl (C=O) groups is 1. The summed E-state index contributed by atoms with van der Waals surface area (Å²) in [6.45, 7) is 4.81. The topological polar surface area (TPSA) is 50.7 Å². The Labute approximate surface area is 162 Å². The van der Waals surface area contributed by atoms with Crippen LogP contribution in [0.2, 0.25) is 0 Å². The van der Waals surface area contributed by atoms with Gasteiger partial charge in [-0.2, -0.15) is 0 Å². The molecule has 2 rings (SSSR count). The summed E-state index contributed by atoms with van der Waals surface area (Å²) < 4.78 is 5.10. The highest BCUT2D eigenvalue weighted by atomic mass is 16.5. The van der Waals surface area contributed by atoms with Gasteiger partial charge in [0.15, 0.2) is 0 Å². The van der Waals surface area contributed by atoms with E-state index in [1.165, 1.54) is 5.56 Å². The Kier molecular flexibility index (Phi) is 8.30. The maximum atomic E-state index is 12.1. The molecule has 0 bridgehead atoms. The van der Waals surface area contributed by atoms with Gasteiger partial charge in [0.05, 0.1) is 12.8 Å². The molecule has 0 aliphatic carbocycles. The number of nitrogens with one attached hydrogen (secondary N) is 1. The fourth-order valence-corrected chi connectivity index (χ4v) is 2.58. The van der Waals surface area contributed by atoms with Crippen LogP contribution in [0.25, 0.3) is 0 Å². The molecule has 2 aromatic carbocycles. The molecule has 0 aromatic heterocycles. The predicted molar refractivity (Wildman–Crippen MR) is 112 cm³/mol. The average molecular weight is 364 g/mol. The van der Waals surface area contributed by atoms with Crippen molar-refractivity contribution in [3.8, 4) is 5.75 Å². The Morgan fingerprint density at radius 1 is 1.11 bits per heavy atom. The third-order valence-corrected chi connectivity index (χ3v) is 4.27. The van der Waals surface area contributed by atoms with Crippen molar-refractivity contribution in [3.05, 3.63) is 71.8 Å². The molecule has 2 aromatic rings. The number of hydrogen-bond acceptors (Lipinski definition) is 3. The van der Waals surface area contributed by atoms with Gasteiger partial charge in [-0.3, -0.25) is 9.79 Å². The normalized spacial score (nSPS) is 11.6. The lowest BCUT2D eigenvalue weighted by atomic mass is 10.1. The standard InChI is InChI=1S/C23H28N2O2/c1-4-20(25-22-12-8-7-10-18(22)2)11-6-5-9-17-24-23(26)19-13-15-21(27-3)16-14-19/h5-8,10,12-16H,4,9,11,17H2,1-3H3,(H,24,26)/b6-5+,25-20?. The second-order valence-electron chi connectivity index (χ2n) is 6.27. The summed E-state index contributed by atoms with van der Waals surface area (Å²) in [5, 5.41) is 2.92. The first-order chi connectivity index (χ1) is 13.1. The van der Waals surface area contributed by atoms with E-state index in [9.17, 15) is 4.79 Å². The average Bonchev–Trinajstić information content (AvgIpc) is 2.70. The Bertz CT molecular complexity index is 792. The molecule has 0 spiro atoms. The number of methoxy groups -OCH3 is 1. The highest BCUT2D eigenvalue weighted by molar-refractivity contribution is 5.94. The van der Waals surface area contributed by atoms with Gasteiger partial charge in [0.2, 0.25) is 0 Å². The van der Waals surface area contributed by atoms with Crippen molar-refractivity contribution in [2.24, 2.45) is 4.99 Å². The molecule has 0 unspecified atom stereocenters. The lowest BCUT2D eigenvalue weighted by Crippen LogP contribution is -2.23. The van der Waals surface area contributed by atoms with E-state index in [1.54, 1.807) is 31.4 Å². The van der Waals surface area contributed by atoms with Crippen LogP contribution in [0.1, 0.15) is 42.1 Å². The molecule has 0 aliphatic rings. The predicted octanol–water partition coefficient (Wildman–Crippen LogP) is 5.25. The van der Waals surface area contributed by atoms with Crippen molar-refractivity contribution < 1.29 is 9.53 Å². The van der Waals surface area contributed by atoms with Crippen LogP contribution in [0.5, 0.6) is 5.75 Å². The van der Waals surface area contributed by atoms with E-state index in [-0.39, 0.29) is 5.91 Å². The quantitative estimate of drug-likeness (QED) is 0.375. The Morgan fingerprint density at radius 3 is 2.52 bits per heavy atom. The molecular formula is C23H28N2O2. The molecule has 1 amide bonds. The monoisotopic (exact) mass is 364 g/mol. The van der Waals surface area contributed by atoms with E-state index >= 15 is 0 Å². The van der Waals surface area contributed by atoms with E-state index in [2.05, 4.69) is 37.4 Å². The van der Waals surface area contributed by atoms with Crippen molar-refractivity contribution in [2.75, 3.05) is 13.7 Å². The zero-order valence-electron chi connectivity index (χ0n) is 16.4. The molecule has 27 heavy (non-hydrogen) atoms. The van der Waals surface area contributed by atoms with Crippen molar-refractivity contribution >= 4 is 17.3 Å². The number of allylic oxidation sites excluding steroid dienone is 1. The van der Waals surface area contributed by atoms with Gasteiger partial charge < -0.3 is 10.1 Å². The fraction of sp³-hybridized carbons (Fsp3) is 0.304. The molecular weight excluding hydrogens is 336 g/mol. The van der Waals surface area contributed by atoms with Crippen LogP contribution in [0.15, 0.2) is 65.7 Å². The van der Waals surface area contributed by atoms with Crippen molar-refractivity contribution in [3.63, 3.8) is 0 Å². The second kappa shape index (κ2) is 11.0. The van der Waals surface area contributed by atoms with E-state index < -0.39 is 0 Å². The largest absolute Gasteiger partial charge is 0.497 e. The number of para-hydroxylation sites is 1. The summed E-state index contributed by atoms with van der Waals surface area (Å²) >= 11 is 0. The summed E-state index contributed by atoms with van der Waals surface area (Å²) in [7, 11) is 1.61. The number of carbonyl (C=O) groups excluding carboxylic acids is 1. The summed E-state index contributed by atoms with van der Waals surface area (Å²) in [6.07, 6.45) is 6.77. The number of aliphatic imine (C=N–C) groups is 1. The van der Waals surface area contributed by atoms with Gasteiger partial charge in [0.1, 0.15) is 5.75 Å². The highest BCUT2D eigenvalue weighted by Crippen LogP contribution is 2.18. The van der Waals surface area contributed by atoms with E-state index in [0.29, 0.717) is 12.1 Å². The Balaban J connectivity index is 1.76. The zero-order valence-corrected chi connectivity index (χ0v) is 16.4. The van der Waals surface area contributed by atoms with Crippen LogP contribution in [0, 0.1) is 6.92 Å². The maximum Gasteiger partial charge on any atom is 0.251 e. The number of amides is 1.